The first-order valence-corrected chi connectivity index (χ1v) is 12.1. The van der Waals surface area contributed by atoms with Gasteiger partial charge in [0.25, 0.3) is 0 Å². The van der Waals surface area contributed by atoms with Crippen LogP contribution in [0.5, 0.6) is 0 Å². The molecule has 0 amide bonds. The van der Waals surface area contributed by atoms with Crippen molar-refractivity contribution in [3.8, 4) is 0 Å². The molecule has 0 radical (unpaired) electrons. The minimum absolute atomic E-state index is 0.0610. The third kappa shape index (κ3) is 2.68. The Bertz CT molecular complexity index is 883. The van der Waals surface area contributed by atoms with Crippen LogP contribution >= 0.6 is 0 Å². The summed E-state index contributed by atoms with van der Waals surface area (Å²) in [6, 6.07) is 10.3. The quantitative estimate of drug-likeness (QED) is 0.545. The van der Waals surface area contributed by atoms with Gasteiger partial charge in [0.05, 0.1) is 5.60 Å². The molecule has 1 N–H and O–H groups in total. The van der Waals surface area contributed by atoms with Gasteiger partial charge in [-0.15, -0.1) is 0 Å². The molecule has 0 unspecified atom stereocenters. The highest BCUT2D eigenvalue weighted by atomic mass is 16.3. The smallest absolute Gasteiger partial charge is 0.159 e. The van der Waals surface area contributed by atoms with Crippen LogP contribution in [-0.2, 0) is 4.79 Å². The Morgan fingerprint density at radius 3 is 2.27 bits per heavy atom. The summed E-state index contributed by atoms with van der Waals surface area (Å²) in [5, 5.41) is 11.2. The van der Waals surface area contributed by atoms with E-state index in [1.54, 1.807) is 0 Å². The second kappa shape index (κ2) is 6.55. The monoisotopic (exact) mass is 406 g/mol. The number of benzene rings is 1. The molecule has 0 heterocycles. The van der Waals surface area contributed by atoms with Gasteiger partial charge in [-0.2, -0.15) is 0 Å². The maximum absolute atomic E-state index is 13.2. The van der Waals surface area contributed by atoms with Crippen LogP contribution in [-0.4, -0.2) is 16.5 Å². The van der Waals surface area contributed by atoms with E-state index >= 15 is 0 Å². The maximum Gasteiger partial charge on any atom is 0.159 e. The Morgan fingerprint density at radius 2 is 1.53 bits per heavy atom. The number of fused-ring (bicyclic) bond motifs is 5. The maximum atomic E-state index is 13.2. The average Bonchev–Trinajstić information content (AvgIpc) is 2.94. The molecule has 0 aromatic heterocycles. The van der Waals surface area contributed by atoms with Crippen molar-refractivity contribution in [2.75, 3.05) is 0 Å². The highest BCUT2D eigenvalue weighted by molar-refractivity contribution is 6.01. The molecule has 4 saturated carbocycles. The zero-order valence-electron chi connectivity index (χ0n) is 19.2. The summed E-state index contributed by atoms with van der Waals surface area (Å²) in [5.74, 6) is 2.35. The van der Waals surface area contributed by atoms with E-state index in [4.69, 9.17) is 0 Å². The van der Waals surface area contributed by atoms with Crippen molar-refractivity contribution in [3.63, 3.8) is 0 Å². The zero-order chi connectivity index (χ0) is 21.4. The predicted octanol–water partition coefficient (Wildman–Crippen LogP) is 6.43. The van der Waals surface area contributed by atoms with Crippen molar-refractivity contribution in [2.24, 2.45) is 34.0 Å². The molecule has 2 nitrogen and oxygen atoms in total. The number of hydrogen-bond donors (Lipinski definition) is 1. The number of aliphatic hydroxyl groups is 1. The predicted molar refractivity (Wildman–Crippen MR) is 122 cm³/mol. The largest absolute Gasteiger partial charge is 0.390 e. The van der Waals surface area contributed by atoms with Gasteiger partial charge in [-0.1, -0.05) is 51.1 Å². The molecule has 2 heteroatoms. The molecule has 0 aliphatic heterocycles. The molecule has 0 bridgehead atoms. The van der Waals surface area contributed by atoms with Gasteiger partial charge < -0.3 is 5.11 Å². The molecular weight excluding hydrogens is 368 g/mol. The summed E-state index contributed by atoms with van der Waals surface area (Å²) in [4.78, 5) is 13.2. The van der Waals surface area contributed by atoms with E-state index in [1.165, 1.54) is 19.3 Å². The summed E-state index contributed by atoms with van der Waals surface area (Å²) in [6.45, 7) is 9.36. The van der Waals surface area contributed by atoms with E-state index in [1.807, 2.05) is 6.07 Å². The molecule has 162 valence electrons. The van der Waals surface area contributed by atoms with Crippen LogP contribution in [0.1, 0.15) is 84.6 Å². The second-order valence-electron chi connectivity index (χ2n) is 12.0. The number of allylic oxidation sites excluding steroid dienone is 1. The number of carbonyl (C=O) groups excluding carboxylic acids is 1. The number of ketones is 1. The van der Waals surface area contributed by atoms with Crippen molar-refractivity contribution in [2.45, 2.75) is 84.7 Å². The summed E-state index contributed by atoms with van der Waals surface area (Å²) in [6.07, 6.45) is 10.6. The molecule has 30 heavy (non-hydrogen) atoms. The Morgan fingerprint density at radius 1 is 0.867 bits per heavy atom. The van der Waals surface area contributed by atoms with Gasteiger partial charge >= 0.3 is 0 Å². The zero-order valence-corrected chi connectivity index (χ0v) is 19.2. The lowest BCUT2D eigenvalue weighted by Gasteiger charge is -2.64. The van der Waals surface area contributed by atoms with Gasteiger partial charge in [-0.05, 0) is 103 Å². The first-order chi connectivity index (χ1) is 14.1. The van der Waals surface area contributed by atoms with Gasteiger partial charge in [0.15, 0.2) is 5.78 Å². The van der Waals surface area contributed by atoms with Gasteiger partial charge in [0, 0.05) is 6.42 Å². The molecule has 7 atom stereocenters. The van der Waals surface area contributed by atoms with Gasteiger partial charge in [-0.3, -0.25) is 4.79 Å². The lowest BCUT2D eigenvalue weighted by atomic mass is 9.40. The minimum Gasteiger partial charge on any atom is -0.390 e. The minimum atomic E-state index is -0.523. The van der Waals surface area contributed by atoms with Crippen LogP contribution in [0, 0.1) is 34.0 Å². The third-order valence-electron chi connectivity index (χ3n) is 10.8. The highest BCUT2D eigenvalue weighted by Gasteiger charge is 2.65. The standard InChI is InChI=1S/C28H38O2/c1-25-13-10-21-22-12-15-28(4,30)26(22,2)14-11-23(21)27(25,3)17-20(24(29)18-25)16-19-8-6-5-7-9-19/h5-9,16,21-23,30H,10-15,17-18H2,1-4H3/b20-16+/t21-,22-,23-,25-,26+,27-,28-/m0/s1. The lowest BCUT2D eigenvalue weighted by molar-refractivity contribution is -0.169. The van der Waals surface area contributed by atoms with Gasteiger partial charge in [0.1, 0.15) is 0 Å². The van der Waals surface area contributed by atoms with E-state index < -0.39 is 5.60 Å². The molecule has 0 spiro atoms. The number of carbonyl (C=O) groups is 1. The first-order valence-electron chi connectivity index (χ1n) is 12.1. The molecule has 4 fully saturated rings. The van der Waals surface area contributed by atoms with Crippen molar-refractivity contribution in [3.05, 3.63) is 41.5 Å². The molecule has 0 saturated heterocycles. The summed E-state index contributed by atoms with van der Waals surface area (Å²) >= 11 is 0. The summed E-state index contributed by atoms with van der Waals surface area (Å²) < 4.78 is 0. The van der Waals surface area contributed by atoms with Gasteiger partial charge in [-0.25, -0.2) is 0 Å². The fourth-order valence-electron chi connectivity index (χ4n) is 8.42. The van der Waals surface area contributed by atoms with E-state index in [2.05, 4.69) is 58.0 Å². The van der Waals surface area contributed by atoms with Crippen LogP contribution in [0.25, 0.3) is 6.08 Å². The Hall–Kier alpha value is -1.41. The third-order valence-corrected chi connectivity index (χ3v) is 10.8. The average molecular weight is 407 g/mol. The fraction of sp³-hybridized carbons (Fsp3) is 0.679. The molecule has 1 aromatic rings. The van der Waals surface area contributed by atoms with Crippen molar-refractivity contribution in [1.29, 1.82) is 0 Å². The highest BCUT2D eigenvalue weighted by Crippen LogP contribution is 2.71. The van der Waals surface area contributed by atoms with Crippen molar-refractivity contribution < 1.29 is 9.90 Å². The van der Waals surface area contributed by atoms with E-state index in [-0.39, 0.29) is 16.2 Å². The Balaban J connectivity index is 1.50. The van der Waals surface area contributed by atoms with E-state index in [0.717, 1.165) is 36.8 Å². The lowest BCUT2D eigenvalue weighted by Crippen LogP contribution is -2.59. The molecule has 5 rings (SSSR count). The molecule has 1 aromatic carbocycles. The SMILES string of the molecule is C[C@@]12CC[C@@H]3[C@H](CC[C@]4(C)[C@H]3CC[C@]4(C)O)[C@]1(C)C/C(=C\c1ccccc1)C(=O)C2. The van der Waals surface area contributed by atoms with Crippen LogP contribution < -0.4 is 0 Å². The van der Waals surface area contributed by atoms with Gasteiger partial charge in [0.2, 0.25) is 0 Å². The Kier molecular flexibility index (Phi) is 4.47. The number of Topliss-reactive ketones (excluding diaryl/α,β-unsaturated/α-hetero) is 1. The normalized spacial score (nSPS) is 49.4. The summed E-state index contributed by atoms with van der Waals surface area (Å²) in [5.41, 5.74) is 1.99. The Labute approximate surface area is 182 Å². The molecule has 4 aliphatic carbocycles. The van der Waals surface area contributed by atoms with Crippen molar-refractivity contribution in [1.82, 2.24) is 0 Å². The van der Waals surface area contributed by atoms with Crippen LogP contribution in [0.15, 0.2) is 35.9 Å². The van der Waals surface area contributed by atoms with Crippen LogP contribution in [0.3, 0.4) is 0 Å². The van der Waals surface area contributed by atoms with Crippen molar-refractivity contribution >= 4 is 11.9 Å². The molecule has 4 aliphatic rings. The van der Waals surface area contributed by atoms with Crippen LogP contribution in [0.2, 0.25) is 0 Å². The first kappa shape index (κ1) is 20.5. The van der Waals surface area contributed by atoms with E-state index in [9.17, 15) is 9.90 Å². The number of hydrogen-bond acceptors (Lipinski definition) is 2. The fourth-order valence-corrected chi connectivity index (χ4v) is 8.42. The molecular formula is C28H38O2. The second-order valence-corrected chi connectivity index (χ2v) is 12.0. The topological polar surface area (TPSA) is 37.3 Å². The van der Waals surface area contributed by atoms with E-state index in [0.29, 0.717) is 30.0 Å². The number of rotatable bonds is 1. The van der Waals surface area contributed by atoms with Crippen LogP contribution in [0.4, 0.5) is 0 Å². The summed E-state index contributed by atoms with van der Waals surface area (Å²) in [7, 11) is 0.